The highest BCUT2D eigenvalue weighted by Gasteiger charge is 2.48. The lowest BCUT2D eigenvalue weighted by molar-refractivity contribution is -0.135. The van der Waals surface area contributed by atoms with Gasteiger partial charge in [0.2, 0.25) is 5.91 Å². The fraction of sp³-hybridized carbons (Fsp3) is 0.667. The number of carbonyl (C=O) groups is 1. The number of ether oxygens (including phenoxy) is 1. The van der Waals surface area contributed by atoms with Crippen molar-refractivity contribution in [3.8, 4) is 0 Å². The van der Waals surface area contributed by atoms with Crippen LogP contribution in [0.15, 0.2) is 24.3 Å². The highest BCUT2D eigenvalue weighted by atomic mass is 19.1. The number of hydrogen-bond donors (Lipinski definition) is 0. The van der Waals surface area contributed by atoms with Gasteiger partial charge in [-0.05, 0) is 56.9 Å². The number of morpholine rings is 1. The van der Waals surface area contributed by atoms with Crippen molar-refractivity contribution in [2.24, 2.45) is 5.92 Å². The Kier molecular flexibility index (Phi) is 5.12. The molecular formula is C21H30FN3O2. The minimum atomic E-state index is -0.198. The van der Waals surface area contributed by atoms with Gasteiger partial charge in [0.1, 0.15) is 5.82 Å². The molecule has 3 saturated heterocycles. The van der Waals surface area contributed by atoms with Crippen molar-refractivity contribution < 1.29 is 13.9 Å². The summed E-state index contributed by atoms with van der Waals surface area (Å²) in [6, 6.07) is 7.27. The molecule has 1 aromatic carbocycles. The molecule has 3 fully saturated rings. The zero-order chi connectivity index (χ0) is 19.0. The maximum absolute atomic E-state index is 13.4. The van der Waals surface area contributed by atoms with Crippen molar-refractivity contribution in [3.05, 3.63) is 30.1 Å². The molecule has 0 spiro atoms. The Labute approximate surface area is 161 Å². The fourth-order valence-corrected chi connectivity index (χ4v) is 5.17. The molecular weight excluding hydrogens is 345 g/mol. The third-order valence-corrected chi connectivity index (χ3v) is 6.36. The van der Waals surface area contributed by atoms with E-state index in [4.69, 9.17) is 4.74 Å². The van der Waals surface area contributed by atoms with Gasteiger partial charge >= 0.3 is 0 Å². The molecule has 3 heterocycles. The number of hydrogen-bond acceptors (Lipinski definition) is 4. The van der Waals surface area contributed by atoms with Gasteiger partial charge in [-0.25, -0.2) is 4.39 Å². The summed E-state index contributed by atoms with van der Waals surface area (Å²) in [6.45, 7) is 9.79. The first-order valence-electron chi connectivity index (χ1n) is 10.1. The lowest BCUT2D eigenvalue weighted by Crippen LogP contribution is -2.52. The van der Waals surface area contributed by atoms with E-state index < -0.39 is 0 Å². The molecule has 0 aliphatic carbocycles. The van der Waals surface area contributed by atoms with Crippen molar-refractivity contribution in [2.45, 2.75) is 38.3 Å². The van der Waals surface area contributed by atoms with E-state index >= 15 is 0 Å². The number of anilines is 1. The minimum absolute atomic E-state index is 0.0103. The van der Waals surface area contributed by atoms with Crippen LogP contribution >= 0.6 is 0 Å². The Morgan fingerprint density at radius 2 is 1.89 bits per heavy atom. The van der Waals surface area contributed by atoms with E-state index in [1.54, 1.807) is 12.1 Å². The van der Waals surface area contributed by atoms with Gasteiger partial charge in [0.25, 0.3) is 0 Å². The summed E-state index contributed by atoms with van der Waals surface area (Å²) in [6.07, 6.45) is 2.02. The number of amides is 1. The van der Waals surface area contributed by atoms with Crippen LogP contribution in [0.4, 0.5) is 10.1 Å². The van der Waals surface area contributed by atoms with Gasteiger partial charge in [-0.15, -0.1) is 0 Å². The summed E-state index contributed by atoms with van der Waals surface area (Å²) in [4.78, 5) is 19.5. The van der Waals surface area contributed by atoms with E-state index in [1.165, 1.54) is 0 Å². The third-order valence-electron chi connectivity index (χ3n) is 6.36. The largest absolute Gasteiger partial charge is 0.379 e. The molecule has 3 aliphatic rings. The summed E-state index contributed by atoms with van der Waals surface area (Å²) >= 11 is 0. The second-order valence-electron chi connectivity index (χ2n) is 8.71. The van der Waals surface area contributed by atoms with E-state index in [-0.39, 0.29) is 17.3 Å². The topological polar surface area (TPSA) is 36.0 Å². The second kappa shape index (κ2) is 7.40. The average Bonchev–Trinajstić information content (AvgIpc) is 2.92. The van der Waals surface area contributed by atoms with Crippen LogP contribution in [0, 0.1) is 11.7 Å². The van der Waals surface area contributed by atoms with E-state index in [0.29, 0.717) is 18.5 Å². The van der Waals surface area contributed by atoms with Crippen molar-refractivity contribution in [1.29, 1.82) is 0 Å². The van der Waals surface area contributed by atoms with E-state index in [9.17, 15) is 9.18 Å². The highest BCUT2D eigenvalue weighted by Crippen LogP contribution is 2.44. The molecule has 4 rings (SSSR count). The van der Waals surface area contributed by atoms with E-state index in [2.05, 4.69) is 28.5 Å². The Hall–Kier alpha value is -1.66. The number of benzene rings is 1. The van der Waals surface area contributed by atoms with Crippen LogP contribution in [0.3, 0.4) is 0 Å². The first-order chi connectivity index (χ1) is 12.9. The monoisotopic (exact) mass is 375 g/mol. The smallest absolute Gasteiger partial charge is 0.236 e. The van der Waals surface area contributed by atoms with Gasteiger partial charge in [0, 0.05) is 43.4 Å². The van der Waals surface area contributed by atoms with Gasteiger partial charge in [0.05, 0.1) is 19.8 Å². The Morgan fingerprint density at radius 3 is 2.59 bits per heavy atom. The summed E-state index contributed by atoms with van der Waals surface area (Å²) in [7, 11) is 0. The minimum Gasteiger partial charge on any atom is -0.379 e. The molecule has 1 amide bonds. The van der Waals surface area contributed by atoms with Crippen LogP contribution < -0.4 is 4.90 Å². The standard InChI is InChI=1S/C21H30FN3O2/c1-21(2)13-16-14-24(20(26)15-23-9-11-27-12-10-23)8-7-19(16)25(21)18-5-3-17(22)4-6-18/h3-6,16,19H,7-15H2,1-2H3/t16-,19+/m1/s1. The molecule has 0 N–H and O–H groups in total. The van der Waals surface area contributed by atoms with Crippen LogP contribution in [0.1, 0.15) is 26.7 Å². The highest BCUT2D eigenvalue weighted by molar-refractivity contribution is 5.78. The number of piperidine rings is 1. The maximum atomic E-state index is 13.4. The van der Waals surface area contributed by atoms with Crippen molar-refractivity contribution in [1.82, 2.24) is 9.80 Å². The van der Waals surface area contributed by atoms with Crippen molar-refractivity contribution in [2.75, 3.05) is 50.8 Å². The molecule has 0 aromatic heterocycles. The van der Waals surface area contributed by atoms with Gasteiger partial charge in [-0.3, -0.25) is 9.69 Å². The number of fused-ring (bicyclic) bond motifs is 1. The molecule has 0 saturated carbocycles. The van der Waals surface area contributed by atoms with Gasteiger partial charge < -0.3 is 14.5 Å². The number of nitrogens with zero attached hydrogens (tertiary/aromatic N) is 3. The summed E-state index contributed by atoms with van der Waals surface area (Å²) in [5.74, 6) is 0.511. The Balaban J connectivity index is 1.43. The average molecular weight is 375 g/mol. The third kappa shape index (κ3) is 3.83. The molecule has 5 nitrogen and oxygen atoms in total. The van der Waals surface area contributed by atoms with Crippen LogP contribution in [-0.2, 0) is 9.53 Å². The number of rotatable bonds is 3. The normalized spacial score (nSPS) is 28.3. The fourth-order valence-electron chi connectivity index (χ4n) is 5.17. The zero-order valence-electron chi connectivity index (χ0n) is 16.4. The van der Waals surface area contributed by atoms with Crippen LogP contribution in [0.5, 0.6) is 0 Å². The van der Waals surface area contributed by atoms with Crippen LogP contribution in [0.2, 0.25) is 0 Å². The molecule has 2 atom stereocenters. The van der Waals surface area contributed by atoms with Crippen molar-refractivity contribution >= 4 is 11.6 Å². The van der Waals surface area contributed by atoms with E-state index in [0.717, 1.165) is 57.9 Å². The number of halogens is 1. The van der Waals surface area contributed by atoms with Gasteiger partial charge in [0.15, 0.2) is 0 Å². The summed E-state index contributed by atoms with van der Waals surface area (Å²) in [5.41, 5.74) is 1.10. The van der Waals surface area contributed by atoms with Crippen molar-refractivity contribution in [3.63, 3.8) is 0 Å². The number of carbonyl (C=O) groups excluding carboxylic acids is 1. The summed E-state index contributed by atoms with van der Waals surface area (Å²) in [5, 5.41) is 0. The maximum Gasteiger partial charge on any atom is 0.236 e. The quantitative estimate of drug-likeness (QED) is 0.813. The molecule has 1 aromatic rings. The molecule has 3 aliphatic heterocycles. The van der Waals surface area contributed by atoms with Gasteiger partial charge in [-0.1, -0.05) is 0 Å². The predicted molar refractivity (Wildman–Crippen MR) is 103 cm³/mol. The first-order valence-corrected chi connectivity index (χ1v) is 10.1. The molecule has 27 heavy (non-hydrogen) atoms. The van der Waals surface area contributed by atoms with Crippen LogP contribution in [-0.4, -0.2) is 73.2 Å². The lowest BCUT2D eigenvalue weighted by Gasteiger charge is -2.42. The summed E-state index contributed by atoms with van der Waals surface area (Å²) < 4.78 is 18.7. The first kappa shape index (κ1) is 18.7. The molecule has 148 valence electrons. The molecule has 0 unspecified atom stereocenters. The molecule has 6 heteroatoms. The molecule has 0 radical (unpaired) electrons. The SMILES string of the molecule is CC1(C)C[C@@H]2CN(C(=O)CN3CCOCC3)CC[C@@H]2N1c1ccc(F)cc1. The predicted octanol–water partition coefficient (Wildman–Crippen LogP) is 2.36. The second-order valence-corrected chi connectivity index (χ2v) is 8.71. The van der Waals surface area contributed by atoms with Crippen LogP contribution in [0.25, 0.3) is 0 Å². The lowest BCUT2D eigenvalue weighted by atomic mass is 9.89. The molecule has 0 bridgehead atoms. The Morgan fingerprint density at radius 1 is 1.19 bits per heavy atom. The zero-order valence-corrected chi connectivity index (χ0v) is 16.4. The Bertz CT molecular complexity index is 673. The number of likely N-dealkylation sites (tertiary alicyclic amines) is 1. The van der Waals surface area contributed by atoms with E-state index in [1.807, 2.05) is 12.1 Å². The van der Waals surface area contributed by atoms with Gasteiger partial charge in [-0.2, -0.15) is 0 Å².